The average molecular weight is 170 g/mol. The molecule has 2 atom stereocenters. The minimum absolute atomic E-state index is 0.208. The largest absolute Gasteiger partial charge is 0.393 e. The third-order valence-electron chi connectivity index (χ3n) is 2.45. The van der Waals surface area contributed by atoms with Crippen LogP contribution in [0.15, 0.2) is 0 Å². The molecule has 0 aliphatic heterocycles. The Balaban J connectivity index is 2.61. The Morgan fingerprint density at radius 2 is 2.09 bits per heavy atom. The highest BCUT2D eigenvalue weighted by Gasteiger charge is 2.24. The van der Waals surface area contributed by atoms with Gasteiger partial charge in [0.1, 0.15) is 0 Å². The fraction of sp³-hybridized carbons (Fsp3) is 0.875. The zero-order chi connectivity index (χ0) is 8.27. The summed E-state index contributed by atoms with van der Waals surface area (Å²) >= 11 is 0. The minimum Gasteiger partial charge on any atom is -0.393 e. The van der Waals surface area contributed by atoms with Crippen LogP contribution in [0.2, 0.25) is 0 Å². The van der Waals surface area contributed by atoms with Gasteiger partial charge in [0, 0.05) is 5.92 Å². The number of aliphatic hydroxyl groups is 1. The first-order chi connectivity index (χ1) is 5.25. The molecule has 11 heavy (non-hydrogen) atoms. The first kappa shape index (κ1) is 8.94. The molecule has 62 valence electrons. The van der Waals surface area contributed by atoms with Crippen molar-refractivity contribution in [3.8, 4) is 0 Å². The van der Waals surface area contributed by atoms with E-state index in [9.17, 15) is 9.57 Å². The highest BCUT2D eigenvalue weighted by molar-refractivity contribution is 6.42. The molecule has 0 spiro atoms. The van der Waals surface area contributed by atoms with E-state index in [4.69, 9.17) is 0 Å². The van der Waals surface area contributed by atoms with Crippen LogP contribution in [-0.2, 0) is 4.46 Å². The molecule has 1 aliphatic carbocycles. The topological polar surface area (TPSA) is 37.3 Å². The third kappa shape index (κ3) is 2.14. The Morgan fingerprint density at radius 1 is 1.45 bits per heavy atom. The fourth-order valence-corrected chi connectivity index (χ4v) is 2.18. The maximum atomic E-state index is 10.6. The van der Waals surface area contributed by atoms with Gasteiger partial charge in [-0.15, -0.1) is 0 Å². The Hall–Kier alpha value is -0.153. The van der Waals surface area contributed by atoms with E-state index in [1.54, 1.807) is 0 Å². The summed E-state index contributed by atoms with van der Waals surface area (Å²) in [7, 11) is -0.345. The number of hydrogen-bond donors (Lipinski definition) is 1. The van der Waals surface area contributed by atoms with Crippen molar-refractivity contribution in [3.05, 3.63) is 0 Å². The summed E-state index contributed by atoms with van der Waals surface area (Å²) in [6, 6.07) is 0. The molecule has 3 heteroatoms. The van der Waals surface area contributed by atoms with E-state index >= 15 is 0 Å². The molecule has 1 N–H and O–H groups in total. The molecule has 0 amide bonds. The van der Waals surface area contributed by atoms with Gasteiger partial charge in [0.15, 0.2) is 0 Å². The van der Waals surface area contributed by atoms with E-state index in [-0.39, 0.29) is 21.0 Å². The van der Waals surface area contributed by atoms with Gasteiger partial charge in [-0.05, 0) is 24.9 Å². The molecule has 0 radical (unpaired) electrons. The van der Waals surface area contributed by atoms with Gasteiger partial charge in [0.2, 0.25) is 0 Å². The molecule has 0 aromatic heterocycles. The average Bonchev–Trinajstić information content (AvgIpc) is 2.04. The first-order valence-corrected chi connectivity index (χ1v) is 5.06. The highest BCUT2D eigenvalue weighted by Crippen LogP contribution is 2.24. The molecule has 0 heterocycles. The maximum Gasteiger partial charge on any atom is 0.260 e. The lowest BCUT2D eigenvalue weighted by Crippen LogP contribution is -2.30. The van der Waals surface area contributed by atoms with Crippen LogP contribution in [0.1, 0.15) is 32.6 Å². The lowest BCUT2D eigenvalue weighted by Gasteiger charge is -2.26. The van der Waals surface area contributed by atoms with Crippen LogP contribution in [0.4, 0.5) is 0 Å². The zero-order valence-electron chi connectivity index (χ0n) is 6.84. The molecular weight excluding hydrogens is 156 g/mol. The van der Waals surface area contributed by atoms with Crippen molar-refractivity contribution in [2.24, 2.45) is 5.92 Å². The van der Waals surface area contributed by atoms with E-state index < -0.39 is 0 Å². The predicted molar refractivity (Wildman–Crippen MR) is 45.1 cm³/mol. The number of rotatable bonds is 1. The van der Waals surface area contributed by atoms with Crippen molar-refractivity contribution in [2.75, 3.05) is 0 Å². The van der Waals surface area contributed by atoms with Crippen molar-refractivity contribution < 1.29 is 9.57 Å². The highest BCUT2D eigenvalue weighted by atomic mass is 28.2. The van der Waals surface area contributed by atoms with Crippen LogP contribution in [0, 0.1) is 5.92 Å². The summed E-state index contributed by atoms with van der Waals surface area (Å²) in [5.74, 6) is 0.208. The summed E-state index contributed by atoms with van der Waals surface area (Å²) in [5, 5.41) is 10.5. The zero-order valence-corrected chi connectivity index (χ0v) is 7.84. The normalized spacial score (nSPS) is 31.1. The van der Waals surface area contributed by atoms with Crippen molar-refractivity contribution >= 4 is 14.2 Å². The van der Waals surface area contributed by atoms with Gasteiger partial charge in [-0.25, -0.2) is 0 Å². The lowest BCUT2D eigenvalue weighted by atomic mass is 9.85. The second-order valence-electron chi connectivity index (χ2n) is 3.24. The van der Waals surface area contributed by atoms with Crippen LogP contribution >= 0.6 is 0 Å². The smallest absolute Gasteiger partial charge is 0.260 e. The van der Waals surface area contributed by atoms with Crippen LogP contribution < -0.4 is 0 Å². The van der Waals surface area contributed by atoms with Crippen molar-refractivity contribution in [1.29, 1.82) is 0 Å². The third-order valence-corrected chi connectivity index (χ3v) is 3.14. The number of hydrogen-bond acceptors (Lipinski definition) is 2. The Labute approximate surface area is 69.1 Å². The predicted octanol–water partition coefficient (Wildman–Crippen LogP) is 0.779. The standard InChI is InChI=1S/C8H14O2Si/c1-6(11-10)7-4-2-3-5-8(7)9/h7-9H,2-5H2,1H3. The fourth-order valence-electron chi connectivity index (χ4n) is 1.69. The summed E-state index contributed by atoms with van der Waals surface area (Å²) in [6.45, 7) is 1.88. The molecule has 0 aromatic carbocycles. The van der Waals surface area contributed by atoms with Gasteiger partial charge in [0.25, 0.3) is 9.02 Å². The van der Waals surface area contributed by atoms with Gasteiger partial charge in [-0.3, -0.25) is 0 Å². The van der Waals surface area contributed by atoms with Gasteiger partial charge in [0.05, 0.1) is 6.10 Å². The Bertz CT molecular complexity index is 185. The SMILES string of the molecule is CC(=[Si]=O)C1CCCCC1O. The van der Waals surface area contributed by atoms with Crippen molar-refractivity contribution in [1.82, 2.24) is 0 Å². The van der Waals surface area contributed by atoms with E-state index in [2.05, 4.69) is 0 Å². The number of aliphatic hydroxyl groups excluding tert-OH is 1. The molecule has 1 aliphatic rings. The van der Waals surface area contributed by atoms with Crippen LogP contribution in [-0.4, -0.2) is 25.4 Å². The monoisotopic (exact) mass is 170 g/mol. The second kappa shape index (κ2) is 4.02. The van der Waals surface area contributed by atoms with E-state index in [1.807, 2.05) is 6.92 Å². The van der Waals surface area contributed by atoms with Crippen LogP contribution in [0.5, 0.6) is 0 Å². The summed E-state index contributed by atoms with van der Waals surface area (Å²) < 4.78 is 10.6. The van der Waals surface area contributed by atoms with E-state index in [0.717, 1.165) is 24.4 Å². The molecule has 1 fully saturated rings. The molecule has 0 saturated heterocycles. The molecule has 2 unspecified atom stereocenters. The molecule has 0 bridgehead atoms. The van der Waals surface area contributed by atoms with Crippen LogP contribution in [0.3, 0.4) is 0 Å². The lowest BCUT2D eigenvalue weighted by molar-refractivity contribution is 0.102. The summed E-state index contributed by atoms with van der Waals surface area (Å²) in [4.78, 5) is 0. The summed E-state index contributed by atoms with van der Waals surface area (Å²) in [6.07, 6.45) is 3.95. The molecule has 1 rings (SSSR count). The van der Waals surface area contributed by atoms with Gasteiger partial charge in [-0.2, -0.15) is 0 Å². The quantitative estimate of drug-likeness (QED) is 0.590. The van der Waals surface area contributed by atoms with Crippen LogP contribution in [0.25, 0.3) is 0 Å². The van der Waals surface area contributed by atoms with Gasteiger partial charge >= 0.3 is 0 Å². The first-order valence-electron chi connectivity index (χ1n) is 4.15. The van der Waals surface area contributed by atoms with E-state index in [0.29, 0.717) is 0 Å². The Kier molecular flexibility index (Phi) is 3.27. The Morgan fingerprint density at radius 3 is 2.64 bits per heavy atom. The van der Waals surface area contributed by atoms with Gasteiger partial charge < -0.3 is 9.57 Å². The molecular formula is C8H14O2Si. The van der Waals surface area contributed by atoms with E-state index in [1.165, 1.54) is 6.42 Å². The van der Waals surface area contributed by atoms with Crippen molar-refractivity contribution in [2.45, 2.75) is 38.7 Å². The summed E-state index contributed by atoms with van der Waals surface area (Å²) in [5.41, 5.74) is 0. The second-order valence-corrected chi connectivity index (χ2v) is 4.24. The maximum absolute atomic E-state index is 10.6. The molecule has 2 nitrogen and oxygen atoms in total. The molecule has 1 saturated carbocycles. The molecule has 0 aromatic rings. The van der Waals surface area contributed by atoms with Crippen molar-refractivity contribution in [3.63, 3.8) is 0 Å². The van der Waals surface area contributed by atoms with Gasteiger partial charge in [-0.1, -0.05) is 12.8 Å². The minimum atomic E-state index is -0.345.